The Morgan fingerprint density at radius 2 is 1.95 bits per heavy atom. The van der Waals surface area contributed by atoms with Gasteiger partial charge in [-0.2, -0.15) is 18.2 Å². The van der Waals surface area contributed by atoms with Gasteiger partial charge in [0.1, 0.15) is 29.5 Å². The van der Waals surface area contributed by atoms with Gasteiger partial charge in [0, 0.05) is 38.8 Å². The molecule has 1 aliphatic heterocycles. The molecule has 41 heavy (non-hydrogen) atoms. The largest absolute Gasteiger partial charge is 0.495 e. The highest BCUT2D eigenvalue weighted by Crippen LogP contribution is 2.40. The number of anilines is 2. The summed E-state index contributed by atoms with van der Waals surface area (Å²) in [5, 5.41) is 12.3. The number of methoxy groups -OCH3 is 1. The Morgan fingerprint density at radius 3 is 2.66 bits per heavy atom. The quantitative estimate of drug-likeness (QED) is 0.196. The summed E-state index contributed by atoms with van der Waals surface area (Å²) in [5.41, 5.74) is -0.913. The van der Waals surface area contributed by atoms with Crippen molar-refractivity contribution in [1.82, 2.24) is 20.2 Å². The van der Waals surface area contributed by atoms with Crippen LogP contribution in [0.1, 0.15) is 51.1 Å². The third-order valence-electron chi connectivity index (χ3n) is 6.27. The zero-order valence-electron chi connectivity index (χ0n) is 22.2. The number of hydrogen-bond acceptors (Lipinski definition) is 7. The first kappa shape index (κ1) is 29.5. The number of nitrogens with one attached hydrogen (secondary N) is 2. The number of amides is 2. The van der Waals surface area contributed by atoms with Gasteiger partial charge in [-0.1, -0.05) is 12.1 Å². The van der Waals surface area contributed by atoms with Crippen LogP contribution in [0.2, 0.25) is 0 Å². The van der Waals surface area contributed by atoms with Crippen LogP contribution in [0.5, 0.6) is 17.4 Å². The third-order valence-corrected chi connectivity index (χ3v) is 6.27. The Hall–Kier alpha value is -4.46. The van der Waals surface area contributed by atoms with Gasteiger partial charge >= 0.3 is 6.18 Å². The molecular weight excluding hydrogens is 550 g/mol. The van der Waals surface area contributed by atoms with E-state index in [0.717, 1.165) is 18.6 Å². The van der Waals surface area contributed by atoms with Gasteiger partial charge in [0.25, 0.3) is 11.8 Å². The van der Waals surface area contributed by atoms with Crippen LogP contribution in [0, 0.1) is 5.82 Å². The topological polar surface area (TPSA) is 129 Å². The van der Waals surface area contributed by atoms with Crippen molar-refractivity contribution in [2.45, 2.75) is 32.0 Å². The zero-order chi connectivity index (χ0) is 29.7. The van der Waals surface area contributed by atoms with E-state index in [-0.39, 0.29) is 47.4 Å². The molecule has 0 saturated carbocycles. The van der Waals surface area contributed by atoms with E-state index in [9.17, 15) is 27.2 Å². The predicted octanol–water partition coefficient (Wildman–Crippen LogP) is 4.39. The summed E-state index contributed by atoms with van der Waals surface area (Å²) < 4.78 is 67.1. The molecular formula is C27H28F4N5O5+. The Bertz CT molecular complexity index is 1450. The maximum atomic E-state index is 14.9. The van der Waals surface area contributed by atoms with E-state index < -0.39 is 35.3 Å². The molecule has 0 spiro atoms. The van der Waals surface area contributed by atoms with Gasteiger partial charge in [0.2, 0.25) is 11.8 Å². The monoisotopic (exact) mass is 578 g/mol. The summed E-state index contributed by atoms with van der Waals surface area (Å²) in [6, 6.07) is 6.67. The van der Waals surface area contributed by atoms with Gasteiger partial charge in [0.05, 0.1) is 23.9 Å². The van der Waals surface area contributed by atoms with Crippen molar-refractivity contribution in [3.8, 4) is 17.4 Å². The number of nitrogens with zero attached hydrogens (tertiary/aromatic N) is 3. The molecule has 0 fully saturated rings. The molecule has 0 unspecified atom stereocenters. The van der Waals surface area contributed by atoms with E-state index in [2.05, 4.69) is 20.6 Å². The Kier molecular flexibility index (Phi) is 8.91. The van der Waals surface area contributed by atoms with Gasteiger partial charge in [-0.25, -0.2) is 9.37 Å². The summed E-state index contributed by atoms with van der Waals surface area (Å²) >= 11 is 0. The average Bonchev–Trinajstić information content (AvgIpc) is 3.22. The lowest BCUT2D eigenvalue weighted by atomic mass is 10.1. The number of fused-ring (bicyclic) bond motifs is 1. The average molecular weight is 579 g/mol. The van der Waals surface area contributed by atoms with Crippen molar-refractivity contribution in [3.63, 3.8) is 0 Å². The molecule has 3 aromatic rings. The van der Waals surface area contributed by atoms with Crippen molar-refractivity contribution in [1.29, 1.82) is 0 Å². The highest BCUT2D eigenvalue weighted by atomic mass is 19.4. The molecule has 218 valence electrons. The van der Waals surface area contributed by atoms with Crippen molar-refractivity contribution in [2.24, 2.45) is 0 Å². The van der Waals surface area contributed by atoms with Gasteiger partial charge in [-0.3, -0.25) is 9.59 Å². The SMILES string of the molecule is COc1cc(C(=O)NCCCCC[OH2+])c(F)cc1Nc1ncc(C(F)(F)F)c(Oc2cccc3c2C(=O)N(C)C3)n1. The zero-order valence-corrected chi connectivity index (χ0v) is 22.2. The summed E-state index contributed by atoms with van der Waals surface area (Å²) in [6.45, 7) is 0.866. The van der Waals surface area contributed by atoms with E-state index in [1.54, 1.807) is 19.2 Å². The number of alkyl halides is 3. The van der Waals surface area contributed by atoms with Crippen LogP contribution in [0.25, 0.3) is 0 Å². The fourth-order valence-corrected chi connectivity index (χ4v) is 4.20. The number of halogens is 4. The Labute approximate surface area is 232 Å². The van der Waals surface area contributed by atoms with Crippen molar-refractivity contribution in [3.05, 3.63) is 64.6 Å². The van der Waals surface area contributed by atoms with Gasteiger partial charge in [0.15, 0.2) is 0 Å². The molecule has 1 aromatic heterocycles. The van der Waals surface area contributed by atoms with Crippen LogP contribution >= 0.6 is 0 Å². The lowest BCUT2D eigenvalue weighted by molar-refractivity contribution is -0.139. The fourth-order valence-electron chi connectivity index (χ4n) is 4.20. The summed E-state index contributed by atoms with van der Waals surface area (Å²) in [6.07, 6.45) is -2.30. The lowest BCUT2D eigenvalue weighted by Gasteiger charge is -2.16. The number of benzene rings is 2. The molecule has 0 saturated heterocycles. The van der Waals surface area contributed by atoms with Crippen LogP contribution in [0.15, 0.2) is 36.5 Å². The smallest absolute Gasteiger partial charge is 0.423 e. The lowest BCUT2D eigenvalue weighted by Crippen LogP contribution is -2.25. The molecule has 10 nitrogen and oxygen atoms in total. The van der Waals surface area contributed by atoms with Crippen molar-refractivity contribution < 1.29 is 41.7 Å². The minimum atomic E-state index is -4.88. The maximum Gasteiger partial charge on any atom is 0.423 e. The molecule has 4 N–H and O–H groups in total. The number of carbonyl (C=O) groups excluding carboxylic acids is 2. The third kappa shape index (κ3) is 6.65. The number of ether oxygens (including phenoxy) is 2. The number of rotatable bonds is 11. The first-order valence-electron chi connectivity index (χ1n) is 12.6. The molecule has 2 amide bonds. The van der Waals surface area contributed by atoms with Crippen LogP contribution in [0.3, 0.4) is 0 Å². The van der Waals surface area contributed by atoms with Crippen molar-refractivity contribution in [2.75, 3.05) is 32.6 Å². The first-order valence-corrected chi connectivity index (χ1v) is 12.6. The second-order valence-electron chi connectivity index (χ2n) is 9.19. The Morgan fingerprint density at radius 1 is 1.17 bits per heavy atom. The molecule has 2 aromatic carbocycles. The molecule has 0 bridgehead atoms. The second-order valence-corrected chi connectivity index (χ2v) is 9.19. The minimum Gasteiger partial charge on any atom is -0.495 e. The van der Waals surface area contributed by atoms with Crippen molar-refractivity contribution >= 4 is 23.5 Å². The molecule has 1 aliphatic rings. The highest BCUT2D eigenvalue weighted by Gasteiger charge is 2.37. The van der Waals surface area contributed by atoms with E-state index in [1.165, 1.54) is 18.1 Å². The van der Waals surface area contributed by atoms with E-state index >= 15 is 0 Å². The number of aromatic nitrogens is 2. The van der Waals surface area contributed by atoms with Crippen LogP contribution in [0.4, 0.5) is 29.2 Å². The summed E-state index contributed by atoms with van der Waals surface area (Å²) in [7, 11) is 2.83. The Balaban J connectivity index is 1.61. The second kappa shape index (κ2) is 12.4. The van der Waals surface area contributed by atoms with E-state index in [4.69, 9.17) is 14.6 Å². The molecule has 2 heterocycles. The van der Waals surface area contributed by atoms with E-state index in [0.29, 0.717) is 31.1 Å². The first-order chi connectivity index (χ1) is 19.5. The van der Waals surface area contributed by atoms with E-state index in [1.807, 2.05) is 0 Å². The molecule has 0 aliphatic carbocycles. The van der Waals surface area contributed by atoms with Crippen LogP contribution in [-0.2, 0) is 12.7 Å². The van der Waals surface area contributed by atoms with Gasteiger partial charge in [-0.05, 0) is 30.5 Å². The van der Waals surface area contributed by atoms with Gasteiger partial charge in [-0.15, -0.1) is 0 Å². The fraction of sp³-hybridized carbons (Fsp3) is 0.333. The molecule has 0 atom stereocenters. The summed E-state index contributed by atoms with van der Waals surface area (Å²) in [4.78, 5) is 34.0. The highest BCUT2D eigenvalue weighted by molar-refractivity contribution is 6.01. The van der Waals surface area contributed by atoms with Gasteiger partial charge < -0.3 is 30.1 Å². The predicted molar refractivity (Wildman–Crippen MR) is 140 cm³/mol. The summed E-state index contributed by atoms with van der Waals surface area (Å²) in [5.74, 6) is -3.34. The number of unbranched alkanes of at least 4 members (excludes halogenated alkanes) is 2. The maximum absolute atomic E-state index is 14.9. The molecule has 4 rings (SSSR count). The van der Waals surface area contributed by atoms with Crippen LogP contribution < -0.4 is 20.1 Å². The minimum absolute atomic E-state index is 0.00577. The normalized spacial score (nSPS) is 12.8. The molecule has 0 radical (unpaired) electrons. The molecule has 14 heteroatoms. The standard InChI is InChI=1S/C27H27F4N5O5/c1-36-14-15-7-6-8-20(22(15)25(36)39)41-24-17(27(29,30)31)13-33-26(35-24)34-19-12-18(28)16(11-21(19)40-2)23(38)32-9-4-3-5-10-37/h6-8,11-13,37H,3-5,9-10,14H2,1-2H3,(H,32,38)(H,33,34,35)/p+1. The number of carbonyl (C=O) groups is 2. The number of hydrogen-bond donors (Lipinski definition) is 2. The van der Waals surface area contributed by atoms with Crippen LogP contribution in [-0.4, -0.2) is 59.1 Å².